The number of nitrogens with zero attached hydrogens (tertiary/aromatic N) is 1. The number of aliphatic carboxylic acids is 1. The predicted molar refractivity (Wildman–Crippen MR) is 72.0 cm³/mol. The van der Waals surface area contributed by atoms with Crippen molar-refractivity contribution in [1.29, 1.82) is 0 Å². The Morgan fingerprint density at radius 2 is 1.78 bits per heavy atom. The number of carboxylic acids is 1. The number of aryl methyl sites for hydroxylation is 1. The van der Waals surface area contributed by atoms with E-state index in [4.69, 9.17) is 5.11 Å². The van der Waals surface area contributed by atoms with Crippen molar-refractivity contribution in [3.8, 4) is 0 Å². The summed E-state index contributed by atoms with van der Waals surface area (Å²) in [5, 5.41) is 8.91. The topological polar surface area (TPSA) is 57.6 Å². The first-order chi connectivity index (χ1) is 10.7. The normalized spacial score (nSPS) is 21.5. The number of carbonyl (C=O) groups excluding carboxylic acids is 1. The first-order valence-electron chi connectivity index (χ1n) is 7.00. The smallest absolute Gasteiger partial charge is 0.394 e. The molecule has 8 heteroatoms. The molecule has 1 aliphatic rings. The molecule has 1 fully saturated rings. The van der Waals surface area contributed by atoms with Gasteiger partial charge in [0, 0.05) is 19.5 Å². The number of likely N-dealkylation sites (tertiary alicyclic amines) is 1. The number of benzene rings is 1. The fraction of sp³-hybridized carbons (Fsp3) is 0.467. The second-order valence-corrected chi connectivity index (χ2v) is 5.52. The van der Waals surface area contributed by atoms with Gasteiger partial charge in [-0.1, -0.05) is 12.1 Å². The van der Waals surface area contributed by atoms with Crippen molar-refractivity contribution < 1.29 is 32.3 Å². The number of carboxylic acid groups (broad SMARTS) is 1. The Morgan fingerprint density at radius 3 is 2.26 bits per heavy atom. The van der Waals surface area contributed by atoms with Crippen LogP contribution in [0.25, 0.3) is 0 Å². The molecule has 0 unspecified atom stereocenters. The summed E-state index contributed by atoms with van der Waals surface area (Å²) in [6.07, 6.45) is -4.46. The van der Waals surface area contributed by atoms with E-state index < -0.39 is 48.8 Å². The second kappa shape index (κ2) is 6.55. The van der Waals surface area contributed by atoms with Crippen molar-refractivity contribution in [3.63, 3.8) is 0 Å². The molecule has 126 valence electrons. The minimum atomic E-state index is -4.66. The Hall–Kier alpha value is -2.12. The maximum absolute atomic E-state index is 12.9. The predicted octanol–water partition coefficient (Wildman–Crippen LogP) is 2.48. The van der Waals surface area contributed by atoms with Gasteiger partial charge < -0.3 is 10.0 Å². The van der Waals surface area contributed by atoms with E-state index >= 15 is 0 Å². The summed E-state index contributed by atoms with van der Waals surface area (Å²) >= 11 is 0. The van der Waals surface area contributed by atoms with E-state index in [1.54, 1.807) is 0 Å². The van der Waals surface area contributed by atoms with Gasteiger partial charge in [-0.3, -0.25) is 9.59 Å². The van der Waals surface area contributed by atoms with Gasteiger partial charge in [0.1, 0.15) is 5.82 Å². The minimum Gasteiger partial charge on any atom is -0.481 e. The lowest BCUT2D eigenvalue weighted by Crippen LogP contribution is -2.34. The van der Waals surface area contributed by atoms with Gasteiger partial charge in [0.05, 0.1) is 11.8 Å². The molecule has 0 aliphatic carbocycles. The molecule has 0 aromatic heterocycles. The molecule has 1 aliphatic heterocycles. The second-order valence-electron chi connectivity index (χ2n) is 5.52. The van der Waals surface area contributed by atoms with Crippen LogP contribution in [-0.4, -0.2) is 41.1 Å². The summed E-state index contributed by atoms with van der Waals surface area (Å²) in [5.74, 6) is -6.19. The number of rotatable bonds is 4. The lowest BCUT2D eigenvalue weighted by Gasteiger charge is -2.18. The largest absolute Gasteiger partial charge is 0.481 e. The summed E-state index contributed by atoms with van der Waals surface area (Å²) in [5.41, 5.74) is 0.682. The lowest BCUT2D eigenvalue weighted by atomic mass is 9.96. The van der Waals surface area contributed by atoms with Crippen LogP contribution >= 0.6 is 0 Å². The first-order valence-corrected chi connectivity index (χ1v) is 7.00. The third-order valence-electron chi connectivity index (χ3n) is 3.95. The summed E-state index contributed by atoms with van der Waals surface area (Å²) in [7, 11) is 0. The van der Waals surface area contributed by atoms with Gasteiger partial charge in [-0.25, -0.2) is 4.39 Å². The van der Waals surface area contributed by atoms with Gasteiger partial charge in [0.2, 0.25) is 5.91 Å². The van der Waals surface area contributed by atoms with Crippen molar-refractivity contribution in [1.82, 2.24) is 4.90 Å². The highest BCUT2D eigenvalue weighted by molar-refractivity contribution is 5.79. The average molecular weight is 333 g/mol. The lowest BCUT2D eigenvalue weighted by molar-refractivity contribution is -0.188. The van der Waals surface area contributed by atoms with Crippen LogP contribution in [0.2, 0.25) is 0 Å². The highest BCUT2D eigenvalue weighted by atomic mass is 19.4. The fourth-order valence-corrected chi connectivity index (χ4v) is 2.65. The van der Waals surface area contributed by atoms with E-state index in [0.29, 0.717) is 5.56 Å². The fourth-order valence-electron chi connectivity index (χ4n) is 2.65. The zero-order chi connectivity index (χ0) is 17.2. The SMILES string of the molecule is O=C(O)[C@@H]1CN(C(=O)CCc2ccc(F)cc2)C[C@H]1C(F)(F)F. The molecule has 4 nitrogen and oxygen atoms in total. The monoisotopic (exact) mass is 333 g/mol. The number of alkyl halides is 3. The number of amides is 1. The molecule has 0 saturated carbocycles. The van der Waals surface area contributed by atoms with Crippen molar-refractivity contribution >= 4 is 11.9 Å². The molecule has 2 rings (SSSR count). The van der Waals surface area contributed by atoms with Crippen LogP contribution in [0.5, 0.6) is 0 Å². The zero-order valence-corrected chi connectivity index (χ0v) is 12.0. The summed E-state index contributed by atoms with van der Waals surface area (Å²) in [4.78, 5) is 23.9. The maximum atomic E-state index is 12.9. The average Bonchev–Trinajstić information content (AvgIpc) is 2.92. The third kappa shape index (κ3) is 4.20. The quantitative estimate of drug-likeness (QED) is 0.861. The maximum Gasteiger partial charge on any atom is 0.394 e. The molecule has 1 aromatic rings. The number of hydrogen-bond acceptors (Lipinski definition) is 2. The van der Waals surface area contributed by atoms with Crippen LogP contribution in [0.4, 0.5) is 17.6 Å². The van der Waals surface area contributed by atoms with Crippen LogP contribution in [0.3, 0.4) is 0 Å². The van der Waals surface area contributed by atoms with Crippen LogP contribution in [-0.2, 0) is 16.0 Å². The molecule has 1 saturated heterocycles. The first kappa shape index (κ1) is 17.2. The summed E-state index contributed by atoms with van der Waals surface area (Å²) in [6.45, 7) is -1.08. The molecule has 1 amide bonds. The highest BCUT2D eigenvalue weighted by Gasteiger charge is 2.53. The molecule has 1 heterocycles. The Kier molecular flexibility index (Phi) is 4.91. The number of hydrogen-bond donors (Lipinski definition) is 1. The molecule has 23 heavy (non-hydrogen) atoms. The minimum absolute atomic E-state index is 0.0530. The van der Waals surface area contributed by atoms with E-state index in [-0.39, 0.29) is 12.8 Å². The number of carbonyl (C=O) groups is 2. The molecular formula is C15H15F4NO3. The van der Waals surface area contributed by atoms with E-state index in [9.17, 15) is 27.2 Å². The van der Waals surface area contributed by atoms with Crippen molar-refractivity contribution in [2.75, 3.05) is 13.1 Å². The Balaban J connectivity index is 1.97. The van der Waals surface area contributed by atoms with Gasteiger partial charge >= 0.3 is 12.1 Å². The van der Waals surface area contributed by atoms with Crippen LogP contribution in [0.15, 0.2) is 24.3 Å². The standard InChI is InChI=1S/C15H15F4NO3/c16-10-4-1-9(2-5-10)3-6-13(21)20-7-11(14(22)23)12(8-20)15(17,18)19/h1-2,4-5,11-12H,3,6-8H2,(H,22,23)/t11-,12-/m1/s1. The number of halogens is 4. The van der Waals surface area contributed by atoms with E-state index in [1.807, 2.05) is 0 Å². The molecule has 0 radical (unpaired) electrons. The molecule has 1 N–H and O–H groups in total. The van der Waals surface area contributed by atoms with Crippen molar-refractivity contribution in [2.45, 2.75) is 19.0 Å². The third-order valence-corrected chi connectivity index (χ3v) is 3.95. The van der Waals surface area contributed by atoms with Crippen LogP contribution in [0.1, 0.15) is 12.0 Å². The van der Waals surface area contributed by atoms with Crippen LogP contribution in [0, 0.1) is 17.7 Å². The van der Waals surface area contributed by atoms with E-state index in [2.05, 4.69) is 0 Å². The van der Waals surface area contributed by atoms with Crippen molar-refractivity contribution in [2.24, 2.45) is 11.8 Å². The molecular weight excluding hydrogens is 318 g/mol. The molecule has 2 atom stereocenters. The van der Waals surface area contributed by atoms with E-state index in [1.165, 1.54) is 24.3 Å². The summed E-state index contributed by atoms with van der Waals surface area (Å²) in [6, 6.07) is 5.45. The van der Waals surface area contributed by atoms with Crippen LogP contribution < -0.4 is 0 Å². The Morgan fingerprint density at radius 1 is 1.17 bits per heavy atom. The van der Waals surface area contributed by atoms with Gasteiger partial charge in [-0.15, -0.1) is 0 Å². The van der Waals surface area contributed by atoms with E-state index in [0.717, 1.165) is 4.90 Å². The highest BCUT2D eigenvalue weighted by Crippen LogP contribution is 2.37. The molecule has 0 spiro atoms. The van der Waals surface area contributed by atoms with Gasteiger partial charge in [0.15, 0.2) is 0 Å². The molecule has 0 bridgehead atoms. The zero-order valence-electron chi connectivity index (χ0n) is 12.0. The Bertz CT molecular complexity index is 585. The summed E-state index contributed by atoms with van der Waals surface area (Å²) < 4.78 is 51.3. The molecule has 1 aromatic carbocycles. The van der Waals surface area contributed by atoms with Gasteiger partial charge in [-0.05, 0) is 24.1 Å². The van der Waals surface area contributed by atoms with Gasteiger partial charge in [-0.2, -0.15) is 13.2 Å². The van der Waals surface area contributed by atoms with Gasteiger partial charge in [0.25, 0.3) is 0 Å². The Labute approximate surface area is 129 Å². The van der Waals surface area contributed by atoms with Crippen molar-refractivity contribution in [3.05, 3.63) is 35.6 Å².